The number of carbonyl (C=O) groups is 1. The molecule has 1 aromatic carbocycles. The molecular formula is C18H28N2O. The van der Waals surface area contributed by atoms with Crippen LogP contribution in [0.2, 0.25) is 0 Å². The number of nitrogens with zero attached hydrogens (tertiary/aromatic N) is 2. The molecule has 2 unspecified atom stereocenters. The quantitative estimate of drug-likeness (QED) is 0.790. The van der Waals surface area contributed by atoms with E-state index in [1.807, 2.05) is 4.90 Å². The Hall–Kier alpha value is -1.51. The summed E-state index contributed by atoms with van der Waals surface area (Å²) in [4.78, 5) is 16.1. The highest BCUT2D eigenvalue weighted by Gasteiger charge is 2.31. The molecule has 1 fully saturated rings. The molecule has 0 aliphatic carbocycles. The molecule has 0 aromatic heterocycles. The van der Waals surface area contributed by atoms with Gasteiger partial charge in [0.1, 0.15) is 0 Å². The predicted octanol–water partition coefficient (Wildman–Crippen LogP) is 3.43. The largest absolute Gasteiger partial charge is 0.367 e. The van der Waals surface area contributed by atoms with Crippen LogP contribution in [0.1, 0.15) is 47.1 Å². The van der Waals surface area contributed by atoms with Crippen LogP contribution in [0.4, 0.5) is 5.69 Å². The standard InChI is InChI=1S/C18H28N2O/c1-13-11-19(12-14(2)20(13)15(3)21)17-9-7-16(8-10-17)18(4,5)6/h7-10,13-14H,11-12H2,1-6H3. The van der Waals surface area contributed by atoms with Crippen molar-refractivity contribution in [2.45, 2.75) is 59.0 Å². The van der Waals surface area contributed by atoms with Crippen molar-refractivity contribution < 1.29 is 4.79 Å². The second-order valence-electron chi connectivity index (χ2n) is 7.33. The second kappa shape index (κ2) is 5.70. The van der Waals surface area contributed by atoms with E-state index in [1.165, 1.54) is 11.3 Å². The molecule has 3 nitrogen and oxygen atoms in total. The fraction of sp³-hybridized carbons (Fsp3) is 0.611. The number of carbonyl (C=O) groups excluding carboxylic acids is 1. The fourth-order valence-corrected chi connectivity index (χ4v) is 3.33. The Morgan fingerprint density at radius 1 is 1.05 bits per heavy atom. The molecule has 1 aromatic rings. The van der Waals surface area contributed by atoms with Gasteiger partial charge in [0.15, 0.2) is 0 Å². The van der Waals surface area contributed by atoms with Crippen molar-refractivity contribution in [2.24, 2.45) is 0 Å². The van der Waals surface area contributed by atoms with Crippen molar-refractivity contribution in [1.82, 2.24) is 4.90 Å². The van der Waals surface area contributed by atoms with Gasteiger partial charge in [-0.25, -0.2) is 0 Å². The fourth-order valence-electron chi connectivity index (χ4n) is 3.33. The zero-order chi connectivity index (χ0) is 15.8. The molecule has 0 spiro atoms. The summed E-state index contributed by atoms with van der Waals surface area (Å²) < 4.78 is 0. The summed E-state index contributed by atoms with van der Waals surface area (Å²) >= 11 is 0. The molecule has 1 aliphatic rings. The maximum atomic E-state index is 11.7. The van der Waals surface area contributed by atoms with Gasteiger partial charge in [0, 0.05) is 37.8 Å². The Morgan fingerprint density at radius 3 is 1.90 bits per heavy atom. The maximum absolute atomic E-state index is 11.7. The summed E-state index contributed by atoms with van der Waals surface area (Å²) in [6.07, 6.45) is 0. The van der Waals surface area contributed by atoms with Gasteiger partial charge in [0.05, 0.1) is 0 Å². The average Bonchev–Trinajstić information content (AvgIpc) is 2.36. The zero-order valence-electron chi connectivity index (χ0n) is 14.2. The Morgan fingerprint density at radius 2 is 1.52 bits per heavy atom. The van der Waals surface area contributed by atoms with Crippen LogP contribution >= 0.6 is 0 Å². The van der Waals surface area contributed by atoms with E-state index in [4.69, 9.17) is 0 Å². The van der Waals surface area contributed by atoms with E-state index in [0.717, 1.165) is 13.1 Å². The number of benzene rings is 1. The lowest BCUT2D eigenvalue weighted by molar-refractivity contribution is -0.133. The molecule has 0 bridgehead atoms. The van der Waals surface area contributed by atoms with Crippen molar-refractivity contribution >= 4 is 11.6 Å². The Bertz CT molecular complexity index is 489. The van der Waals surface area contributed by atoms with Crippen LogP contribution in [-0.2, 0) is 10.2 Å². The highest BCUT2D eigenvalue weighted by Crippen LogP contribution is 2.27. The first-order valence-corrected chi connectivity index (χ1v) is 7.84. The molecule has 1 heterocycles. The van der Waals surface area contributed by atoms with Crippen molar-refractivity contribution in [3.8, 4) is 0 Å². The van der Waals surface area contributed by atoms with Gasteiger partial charge in [-0.1, -0.05) is 32.9 Å². The number of anilines is 1. The topological polar surface area (TPSA) is 23.6 Å². The normalized spacial score (nSPS) is 23.3. The number of rotatable bonds is 1. The maximum Gasteiger partial charge on any atom is 0.220 e. The molecule has 21 heavy (non-hydrogen) atoms. The second-order valence-corrected chi connectivity index (χ2v) is 7.33. The minimum atomic E-state index is 0.178. The number of amides is 1. The summed E-state index contributed by atoms with van der Waals surface area (Å²) in [6.45, 7) is 14.4. The molecule has 2 rings (SSSR count). The average molecular weight is 288 g/mol. The Kier molecular flexibility index (Phi) is 4.31. The predicted molar refractivity (Wildman–Crippen MR) is 88.8 cm³/mol. The third kappa shape index (κ3) is 3.39. The molecule has 2 atom stereocenters. The van der Waals surface area contributed by atoms with E-state index in [-0.39, 0.29) is 23.4 Å². The molecule has 1 aliphatic heterocycles. The minimum absolute atomic E-state index is 0.178. The van der Waals surface area contributed by atoms with Gasteiger partial charge in [-0.15, -0.1) is 0 Å². The number of piperazine rings is 1. The van der Waals surface area contributed by atoms with Crippen LogP contribution in [-0.4, -0.2) is 36.0 Å². The molecule has 1 amide bonds. The van der Waals surface area contributed by atoms with Gasteiger partial charge in [-0.2, -0.15) is 0 Å². The highest BCUT2D eigenvalue weighted by molar-refractivity contribution is 5.74. The zero-order valence-corrected chi connectivity index (χ0v) is 14.2. The van der Waals surface area contributed by atoms with Gasteiger partial charge < -0.3 is 9.80 Å². The van der Waals surface area contributed by atoms with Crippen LogP contribution in [0.5, 0.6) is 0 Å². The third-order valence-electron chi connectivity index (χ3n) is 4.38. The monoisotopic (exact) mass is 288 g/mol. The minimum Gasteiger partial charge on any atom is -0.367 e. The Labute approximate surface area is 128 Å². The van der Waals surface area contributed by atoms with Crippen molar-refractivity contribution in [3.63, 3.8) is 0 Å². The molecule has 0 saturated carbocycles. The van der Waals surface area contributed by atoms with E-state index in [0.29, 0.717) is 0 Å². The van der Waals surface area contributed by atoms with E-state index in [1.54, 1.807) is 6.92 Å². The highest BCUT2D eigenvalue weighted by atomic mass is 16.2. The molecule has 0 radical (unpaired) electrons. The lowest BCUT2D eigenvalue weighted by atomic mass is 9.87. The molecule has 1 saturated heterocycles. The van der Waals surface area contributed by atoms with Crippen molar-refractivity contribution in [3.05, 3.63) is 29.8 Å². The smallest absolute Gasteiger partial charge is 0.220 e. The van der Waals surface area contributed by atoms with Gasteiger partial charge in [-0.3, -0.25) is 4.79 Å². The summed E-state index contributed by atoms with van der Waals surface area (Å²) in [6, 6.07) is 9.39. The first kappa shape index (κ1) is 15.9. The lowest BCUT2D eigenvalue weighted by Gasteiger charge is -2.45. The van der Waals surface area contributed by atoms with Crippen LogP contribution < -0.4 is 4.90 Å². The van der Waals surface area contributed by atoms with Gasteiger partial charge in [0.2, 0.25) is 5.91 Å². The first-order valence-electron chi connectivity index (χ1n) is 7.84. The number of hydrogen-bond donors (Lipinski definition) is 0. The van der Waals surface area contributed by atoms with E-state index in [2.05, 4.69) is 63.8 Å². The van der Waals surface area contributed by atoms with Crippen molar-refractivity contribution in [1.29, 1.82) is 0 Å². The SMILES string of the molecule is CC(=O)N1C(C)CN(c2ccc(C(C)(C)C)cc2)CC1C. The molecular weight excluding hydrogens is 260 g/mol. The molecule has 0 N–H and O–H groups in total. The first-order chi connectivity index (χ1) is 9.70. The molecule has 3 heteroatoms. The van der Waals surface area contributed by atoms with Gasteiger partial charge in [-0.05, 0) is 37.0 Å². The van der Waals surface area contributed by atoms with Crippen LogP contribution in [0.15, 0.2) is 24.3 Å². The van der Waals surface area contributed by atoms with Gasteiger partial charge >= 0.3 is 0 Å². The number of hydrogen-bond acceptors (Lipinski definition) is 2. The summed E-state index contributed by atoms with van der Waals surface area (Å²) in [7, 11) is 0. The lowest BCUT2D eigenvalue weighted by Crippen LogP contribution is -2.58. The molecule has 116 valence electrons. The van der Waals surface area contributed by atoms with E-state index in [9.17, 15) is 4.79 Å². The van der Waals surface area contributed by atoms with Gasteiger partial charge in [0.25, 0.3) is 0 Å². The van der Waals surface area contributed by atoms with Crippen LogP contribution in [0.3, 0.4) is 0 Å². The summed E-state index contributed by atoms with van der Waals surface area (Å²) in [5, 5.41) is 0. The third-order valence-corrected chi connectivity index (χ3v) is 4.38. The summed E-state index contributed by atoms with van der Waals surface area (Å²) in [5.74, 6) is 0.178. The van der Waals surface area contributed by atoms with Crippen LogP contribution in [0, 0.1) is 0 Å². The van der Waals surface area contributed by atoms with Crippen molar-refractivity contribution in [2.75, 3.05) is 18.0 Å². The Balaban J connectivity index is 2.15. The van der Waals surface area contributed by atoms with E-state index >= 15 is 0 Å². The van der Waals surface area contributed by atoms with Crippen LogP contribution in [0.25, 0.3) is 0 Å². The van der Waals surface area contributed by atoms with E-state index < -0.39 is 0 Å². The summed E-state index contributed by atoms with van der Waals surface area (Å²) in [5.41, 5.74) is 2.80.